The molecule has 9 heteroatoms. The molecule has 1 atom stereocenters. The van der Waals surface area contributed by atoms with Crippen molar-refractivity contribution in [1.29, 1.82) is 0 Å². The number of carbonyl (C=O) groups is 2. The molecule has 2 rings (SSSR count). The van der Waals surface area contributed by atoms with Crippen molar-refractivity contribution >= 4 is 17.5 Å². The minimum Gasteiger partial charge on any atom is -0.468 e. The van der Waals surface area contributed by atoms with Gasteiger partial charge in [-0.05, 0) is 13.0 Å². The number of hydrogen-bond donors (Lipinski definition) is 1. The molecule has 126 valence electrons. The van der Waals surface area contributed by atoms with Crippen LogP contribution in [0, 0.1) is 5.92 Å². The van der Waals surface area contributed by atoms with Gasteiger partial charge < -0.3 is 15.0 Å². The number of ether oxygens (including phenoxy) is 1. The van der Waals surface area contributed by atoms with Gasteiger partial charge in [-0.15, -0.1) is 0 Å². The zero-order valence-corrected chi connectivity index (χ0v) is 12.4. The largest absolute Gasteiger partial charge is 0.468 e. The van der Waals surface area contributed by atoms with Gasteiger partial charge in [-0.2, -0.15) is 13.2 Å². The maximum Gasteiger partial charge on any atom is 0.422 e. The van der Waals surface area contributed by atoms with Crippen molar-refractivity contribution in [2.75, 3.05) is 25.0 Å². The monoisotopic (exact) mass is 331 g/mol. The van der Waals surface area contributed by atoms with Gasteiger partial charge in [-0.25, -0.2) is 4.98 Å². The standard InChI is InChI=1S/C14H16F3N3O3/c1-2-20-7-9(5-12(20)21)13(22)19-10-3-4-11(18-6-10)23-8-14(15,16)17/h3-4,6,9H,2,5,7-8H2,1H3,(H,19,22). The highest BCUT2D eigenvalue weighted by atomic mass is 19.4. The van der Waals surface area contributed by atoms with Gasteiger partial charge in [0.15, 0.2) is 6.61 Å². The molecular formula is C14H16F3N3O3. The molecule has 1 aromatic rings. The number of rotatable bonds is 5. The van der Waals surface area contributed by atoms with E-state index in [1.54, 1.807) is 4.90 Å². The second-order valence-corrected chi connectivity index (χ2v) is 5.11. The zero-order chi connectivity index (χ0) is 17.0. The third-order valence-corrected chi connectivity index (χ3v) is 3.35. The van der Waals surface area contributed by atoms with E-state index in [0.29, 0.717) is 18.8 Å². The minimum absolute atomic E-state index is 0.0679. The van der Waals surface area contributed by atoms with Gasteiger partial charge in [0.05, 0.1) is 17.8 Å². The number of likely N-dealkylation sites (tertiary alicyclic amines) is 1. The van der Waals surface area contributed by atoms with E-state index in [2.05, 4.69) is 15.0 Å². The fourth-order valence-corrected chi connectivity index (χ4v) is 2.19. The summed E-state index contributed by atoms with van der Waals surface area (Å²) in [6, 6.07) is 2.63. The molecular weight excluding hydrogens is 315 g/mol. The van der Waals surface area contributed by atoms with Crippen molar-refractivity contribution in [3.8, 4) is 5.88 Å². The maximum absolute atomic E-state index is 12.1. The summed E-state index contributed by atoms with van der Waals surface area (Å²) in [4.78, 5) is 28.9. The molecule has 0 spiro atoms. The van der Waals surface area contributed by atoms with Gasteiger partial charge in [0.2, 0.25) is 17.7 Å². The number of pyridine rings is 1. The predicted molar refractivity (Wildman–Crippen MR) is 74.8 cm³/mol. The Hall–Kier alpha value is -2.32. The van der Waals surface area contributed by atoms with E-state index in [1.807, 2.05) is 6.92 Å². The van der Waals surface area contributed by atoms with Crippen molar-refractivity contribution < 1.29 is 27.5 Å². The molecule has 1 fully saturated rings. The molecule has 1 aromatic heterocycles. The van der Waals surface area contributed by atoms with Crippen molar-refractivity contribution in [3.05, 3.63) is 18.3 Å². The lowest BCUT2D eigenvalue weighted by atomic mass is 10.1. The van der Waals surface area contributed by atoms with Crippen LogP contribution in [0.15, 0.2) is 18.3 Å². The number of halogens is 3. The van der Waals surface area contributed by atoms with Crippen LogP contribution in [0.3, 0.4) is 0 Å². The lowest BCUT2D eigenvalue weighted by molar-refractivity contribution is -0.154. The fraction of sp³-hybridized carbons (Fsp3) is 0.500. The Morgan fingerprint density at radius 3 is 2.74 bits per heavy atom. The summed E-state index contributed by atoms with van der Waals surface area (Å²) in [7, 11) is 0. The summed E-state index contributed by atoms with van der Waals surface area (Å²) >= 11 is 0. The Morgan fingerprint density at radius 1 is 1.48 bits per heavy atom. The molecule has 6 nitrogen and oxygen atoms in total. The highest BCUT2D eigenvalue weighted by molar-refractivity contribution is 5.97. The third-order valence-electron chi connectivity index (χ3n) is 3.35. The summed E-state index contributed by atoms with van der Waals surface area (Å²) in [5.41, 5.74) is 0.330. The van der Waals surface area contributed by atoms with Crippen LogP contribution in [0.1, 0.15) is 13.3 Å². The summed E-state index contributed by atoms with van der Waals surface area (Å²) in [6.07, 6.45) is -3.08. The second kappa shape index (κ2) is 6.84. The van der Waals surface area contributed by atoms with Crippen molar-refractivity contribution in [1.82, 2.24) is 9.88 Å². The van der Waals surface area contributed by atoms with Gasteiger partial charge in [0, 0.05) is 25.6 Å². The average Bonchev–Trinajstić information content (AvgIpc) is 2.87. The van der Waals surface area contributed by atoms with Gasteiger partial charge in [0.1, 0.15) is 0 Å². The van der Waals surface area contributed by atoms with E-state index in [0.717, 1.165) is 0 Å². The van der Waals surface area contributed by atoms with E-state index in [-0.39, 0.29) is 24.1 Å². The lowest BCUT2D eigenvalue weighted by Gasteiger charge is -2.13. The number of alkyl halides is 3. The van der Waals surface area contributed by atoms with E-state index in [4.69, 9.17) is 0 Å². The number of aromatic nitrogens is 1. The summed E-state index contributed by atoms with van der Waals surface area (Å²) < 4.78 is 40.5. The Kier molecular flexibility index (Phi) is 5.07. The molecule has 23 heavy (non-hydrogen) atoms. The quantitative estimate of drug-likeness (QED) is 0.893. The Balaban J connectivity index is 1.88. The highest BCUT2D eigenvalue weighted by Crippen LogP contribution is 2.21. The maximum atomic E-state index is 12.1. The third kappa shape index (κ3) is 4.83. The van der Waals surface area contributed by atoms with Crippen LogP contribution in [0.25, 0.3) is 0 Å². The van der Waals surface area contributed by atoms with Crippen LogP contribution in [-0.4, -0.2) is 47.6 Å². The molecule has 2 heterocycles. The first-order valence-electron chi connectivity index (χ1n) is 7.02. The Labute approximate surface area is 130 Å². The topological polar surface area (TPSA) is 71.5 Å². The van der Waals surface area contributed by atoms with E-state index in [1.165, 1.54) is 18.3 Å². The van der Waals surface area contributed by atoms with Gasteiger partial charge >= 0.3 is 6.18 Å². The van der Waals surface area contributed by atoms with Crippen LogP contribution >= 0.6 is 0 Å². The minimum atomic E-state index is -4.44. The van der Waals surface area contributed by atoms with Crippen LogP contribution in [0.2, 0.25) is 0 Å². The molecule has 0 bridgehead atoms. The SMILES string of the molecule is CCN1CC(C(=O)Nc2ccc(OCC(F)(F)F)nc2)CC1=O. The van der Waals surface area contributed by atoms with Crippen LogP contribution in [-0.2, 0) is 9.59 Å². The van der Waals surface area contributed by atoms with E-state index in [9.17, 15) is 22.8 Å². The fourth-order valence-electron chi connectivity index (χ4n) is 2.19. The second-order valence-electron chi connectivity index (χ2n) is 5.11. The van der Waals surface area contributed by atoms with Gasteiger partial charge in [-0.3, -0.25) is 9.59 Å². The van der Waals surface area contributed by atoms with Crippen molar-refractivity contribution in [2.45, 2.75) is 19.5 Å². The van der Waals surface area contributed by atoms with Crippen molar-refractivity contribution in [3.63, 3.8) is 0 Å². The first-order valence-corrected chi connectivity index (χ1v) is 7.02. The number of carbonyl (C=O) groups excluding carboxylic acids is 2. The van der Waals surface area contributed by atoms with E-state index >= 15 is 0 Å². The molecule has 2 amide bonds. The molecule has 0 aliphatic carbocycles. The average molecular weight is 331 g/mol. The van der Waals surface area contributed by atoms with Crippen molar-refractivity contribution in [2.24, 2.45) is 5.92 Å². The molecule has 0 aromatic carbocycles. The number of hydrogen-bond acceptors (Lipinski definition) is 4. The van der Waals surface area contributed by atoms with Crippen LogP contribution in [0.4, 0.5) is 18.9 Å². The first kappa shape index (κ1) is 17.0. The Morgan fingerprint density at radius 2 is 2.22 bits per heavy atom. The zero-order valence-electron chi connectivity index (χ0n) is 12.4. The van der Waals surface area contributed by atoms with Gasteiger partial charge in [0.25, 0.3) is 0 Å². The number of nitrogens with zero attached hydrogens (tertiary/aromatic N) is 2. The normalized spacial score (nSPS) is 18.2. The van der Waals surface area contributed by atoms with Gasteiger partial charge in [-0.1, -0.05) is 0 Å². The molecule has 1 aliphatic heterocycles. The molecule has 0 saturated carbocycles. The lowest BCUT2D eigenvalue weighted by Crippen LogP contribution is -2.28. The molecule has 1 aliphatic rings. The van der Waals surface area contributed by atoms with Crippen LogP contribution in [0.5, 0.6) is 5.88 Å². The Bertz CT molecular complexity index is 575. The molecule has 1 saturated heterocycles. The first-order chi connectivity index (χ1) is 10.8. The number of anilines is 1. The molecule has 1 unspecified atom stereocenters. The molecule has 1 N–H and O–H groups in total. The predicted octanol–water partition coefficient (Wildman–Crippen LogP) is 1.83. The summed E-state index contributed by atoms with van der Waals surface area (Å²) in [5, 5.41) is 2.59. The van der Waals surface area contributed by atoms with Crippen LogP contribution < -0.4 is 10.1 Å². The number of amides is 2. The smallest absolute Gasteiger partial charge is 0.422 e. The summed E-state index contributed by atoms with van der Waals surface area (Å²) in [6.45, 7) is 1.32. The highest BCUT2D eigenvalue weighted by Gasteiger charge is 2.33. The molecule has 0 radical (unpaired) electrons. The summed E-state index contributed by atoms with van der Waals surface area (Å²) in [5.74, 6) is -1.01. The van der Waals surface area contributed by atoms with E-state index < -0.39 is 18.7 Å². The number of nitrogens with one attached hydrogen (secondary N) is 1.